The number of hydrogen-bond acceptors (Lipinski definition) is 7. The molecule has 0 unspecified atom stereocenters. The lowest BCUT2D eigenvalue weighted by molar-refractivity contribution is -0.108. The van der Waals surface area contributed by atoms with Gasteiger partial charge in [-0.3, -0.25) is 14.8 Å². The van der Waals surface area contributed by atoms with Gasteiger partial charge in [0.25, 0.3) is 5.91 Å². The van der Waals surface area contributed by atoms with E-state index in [0.717, 1.165) is 22.0 Å². The van der Waals surface area contributed by atoms with Crippen LogP contribution in [0.4, 0.5) is 21.7 Å². The third kappa shape index (κ3) is 3.89. The van der Waals surface area contributed by atoms with Crippen molar-refractivity contribution in [1.29, 1.82) is 0 Å². The predicted molar refractivity (Wildman–Crippen MR) is 105 cm³/mol. The maximum Gasteiger partial charge on any atom is 0.252 e. The van der Waals surface area contributed by atoms with E-state index < -0.39 is 17.8 Å². The Balaban J connectivity index is 2.02. The van der Waals surface area contributed by atoms with Crippen LogP contribution in [0.1, 0.15) is 23.7 Å². The molecular formula is C19H19FN6O2. The van der Waals surface area contributed by atoms with Gasteiger partial charge >= 0.3 is 0 Å². The van der Waals surface area contributed by atoms with Gasteiger partial charge in [-0.15, -0.1) is 0 Å². The van der Waals surface area contributed by atoms with Crippen molar-refractivity contribution in [2.45, 2.75) is 19.4 Å². The quantitative estimate of drug-likeness (QED) is 0.325. The second kappa shape index (κ2) is 7.97. The Bertz CT molecular complexity index is 1040. The van der Waals surface area contributed by atoms with Gasteiger partial charge in [0.2, 0.25) is 0 Å². The lowest BCUT2D eigenvalue weighted by Gasteiger charge is -2.25. The Morgan fingerprint density at radius 2 is 2.11 bits per heavy atom. The first-order chi connectivity index (χ1) is 13.4. The number of nitrogens with zero attached hydrogens (tertiary/aromatic N) is 3. The average Bonchev–Trinajstić information content (AvgIpc) is 2.68. The normalized spacial score (nSPS) is 11.8. The molecule has 9 heteroatoms. The number of carbonyl (C=O) groups is 2. The number of nitrogens with two attached hydrogens (primary N) is 2. The molecule has 28 heavy (non-hydrogen) atoms. The fraction of sp³-hybridized carbons (Fsp3) is 0.158. The molecule has 0 fully saturated rings. The number of para-hydroxylation sites is 1. The van der Waals surface area contributed by atoms with Crippen molar-refractivity contribution < 1.29 is 14.0 Å². The van der Waals surface area contributed by atoms with Gasteiger partial charge < -0.3 is 15.8 Å². The van der Waals surface area contributed by atoms with E-state index in [2.05, 4.69) is 15.3 Å². The van der Waals surface area contributed by atoms with Gasteiger partial charge in [0.1, 0.15) is 12.1 Å². The van der Waals surface area contributed by atoms with Crippen LogP contribution in [0.25, 0.3) is 10.9 Å². The second-order valence-corrected chi connectivity index (χ2v) is 6.25. The second-order valence-electron chi connectivity index (χ2n) is 6.25. The van der Waals surface area contributed by atoms with E-state index in [9.17, 15) is 14.0 Å². The van der Waals surface area contributed by atoms with Crippen LogP contribution in [0, 0.1) is 5.82 Å². The van der Waals surface area contributed by atoms with Crippen LogP contribution in [0.5, 0.6) is 0 Å². The van der Waals surface area contributed by atoms with E-state index in [4.69, 9.17) is 11.6 Å². The molecule has 144 valence electrons. The first-order valence-corrected chi connectivity index (χ1v) is 8.50. The zero-order chi connectivity index (χ0) is 20.3. The minimum absolute atomic E-state index is 0.0368. The Morgan fingerprint density at radius 1 is 1.36 bits per heavy atom. The molecule has 0 radical (unpaired) electrons. The van der Waals surface area contributed by atoms with Crippen molar-refractivity contribution >= 4 is 40.4 Å². The van der Waals surface area contributed by atoms with Crippen LogP contribution >= 0.6 is 0 Å². The Hall–Kier alpha value is -3.59. The molecule has 5 N–H and O–H groups in total. The summed E-state index contributed by atoms with van der Waals surface area (Å²) in [5.74, 6) is 4.06. The number of amides is 1. The number of pyridine rings is 2. The van der Waals surface area contributed by atoms with Gasteiger partial charge in [0.15, 0.2) is 11.6 Å². The van der Waals surface area contributed by atoms with Gasteiger partial charge in [0.05, 0.1) is 29.0 Å². The lowest BCUT2D eigenvalue weighted by Crippen LogP contribution is -2.41. The molecule has 0 aliphatic rings. The molecule has 3 rings (SSSR count). The molecular weight excluding hydrogens is 363 g/mol. The minimum Gasteiger partial charge on any atom is -0.365 e. The number of primary amides is 1. The molecule has 2 heterocycles. The van der Waals surface area contributed by atoms with Crippen molar-refractivity contribution in [1.82, 2.24) is 9.97 Å². The number of aldehydes is 1. The predicted octanol–water partition coefficient (Wildman–Crippen LogP) is 2.27. The smallest absolute Gasteiger partial charge is 0.252 e. The SMILES string of the molecule is C[C@H](CC=O)N(N)c1nc(Nc2cnc3ccccc3c2)c(C(N)=O)cc1F. The third-order valence-corrected chi connectivity index (χ3v) is 4.23. The molecule has 8 nitrogen and oxygen atoms in total. The number of halogens is 1. The Morgan fingerprint density at radius 3 is 2.82 bits per heavy atom. The zero-order valence-electron chi connectivity index (χ0n) is 15.1. The standard InChI is InChI=1S/C19H19FN6O2/c1-11(6-7-27)26(22)19-15(20)9-14(17(21)28)18(25-19)24-13-8-12-4-2-3-5-16(12)23-10-13/h2-5,7-11H,6,22H2,1H3,(H2,21,28)(H,24,25)/t11-/m1/s1. The fourth-order valence-electron chi connectivity index (χ4n) is 2.68. The molecule has 0 saturated heterocycles. The van der Waals surface area contributed by atoms with Crippen LogP contribution < -0.4 is 21.9 Å². The highest BCUT2D eigenvalue weighted by Crippen LogP contribution is 2.27. The summed E-state index contributed by atoms with van der Waals surface area (Å²) in [5.41, 5.74) is 6.57. The highest BCUT2D eigenvalue weighted by Gasteiger charge is 2.21. The molecule has 0 saturated carbocycles. The molecule has 0 aliphatic heterocycles. The Kier molecular flexibility index (Phi) is 5.46. The highest BCUT2D eigenvalue weighted by molar-refractivity contribution is 5.99. The maximum atomic E-state index is 14.5. The lowest BCUT2D eigenvalue weighted by atomic mass is 10.2. The number of fused-ring (bicyclic) bond motifs is 1. The van der Waals surface area contributed by atoms with Gasteiger partial charge in [-0.25, -0.2) is 15.2 Å². The van der Waals surface area contributed by atoms with Crippen LogP contribution in [-0.4, -0.2) is 28.2 Å². The van der Waals surface area contributed by atoms with Crippen molar-refractivity contribution in [3.63, 3.8) is 0 Å². The number of hydrazine groups is 1. The van der Waals surface area contributed by atoms with Crippen LogP contribution in [0.2, 0.25) is 0 Å². The summed E-state index contributed by atoms with van der Waals surface area (Å²) >= 11 is 0. The first-order valence-electron chi connectivity index (χ1n) is 8.50. The molecule has 1 atom stereocenters. The third-order valence-electron chi connectivity index (χ3n) is 4.23. The fourth-order valence-corrected chi connectivity index (χ4v) is 2.68. The molecule has 0 bridgehead atoms. The van der Waals surface area contributed by atoms with Crippen molar-refractivity contribution in [3.8, 4) is 0 Å². The molecule has 3 aromatic rings. The number of hydrogen-bond donors (Lipinski definition) is 3. The monoisotopic (exact) mass is 382 g/mol. The van der Waals surface area contributed by atoms with Gasteiger partial charge in [-0.1, -0.05) is 18.2 Å². The number of nitrogens with one attached hydrogen (secondary N) is 1. The summed E-state index contributed by atoms with van der Waals surface area (Å²) in [6.07, 6.45) is 2.33. The first kappa shape index (κ1) is 19.2. The summed E-state index contributed by atoms with van der Waals surface area (Å²) in [6.45, 7) is 1.65. The van der Waals surface area contributed by atoms with Crippen LogP contribution in [0.15, 0.2) is 42.6 Å². The van der Waals surface area contributed by atoms with E-state index in [0.29, 0.717) is 12.0 Å². The summed E-state index contributed by atoms with van der Waals surface area (Å²) in [4.78, 5) is 30.9. The Labute approximate surface area is 160 Å². The average molecular weight is 382 g/mol. The molecule has 0 aliphatic carbocycles. The van der Waals surface area contributed by atoms with Gasteiger partial charge in [-0.2, -0.15) is 0 Å². The van der Waals surface area contributed by atoms with E-state index >= 15 is 0 Å². The van der Waals surface area contributed by atoms with E-state index in [1.165, 1.54) is 0 Å². The van der Waals surface area contributed by atoms with E-state index in [1.807, 2.05) is 30.3 Å². The molecule has 1 aromatic carbocycles. The molecule has 0 spiro atoms. The number of carbonyl (C=O) groups excluding carboxylic acids is 2. The van der Waals surface area contributed by atoms with Crippen molar-refractivity contribution in [2.75, 3.05) is 10.3 Å². The highest BCUT2D eigenvalue weighted by atomic mass is 19.1. The number of benzene rings is 1. The van der Waals surface area contributed by atoms with Gasteiger partial charge in [0, 0.05) is 11.8 Å². The minimum atomic E-state index is -0.848. The summed E-state index contributed by atoms with van der Waals surface area (Å²) in [6, 6.07) is 9.78. The van der Waals surface area contributed by atoms with Crippen molar-refractivity contribution in [2.24, 2.45) is 11.6 Å². The number of rotatable bonds is 7. The number of aromatic nitrogens is 2. The summed E-state index contributed by atoms with van der Waals surface area (Å²) < 4.78 is 14.5. The largest absolute Gasteiger partial charge is 0.365 e. The summed E-state index contributed by atoms with van der Waals surface area (Å²) in [7, 11) is 0. The van der Waals surface area contributed by atoms with E-state index in [-0.39, 0.29) is 23.6 Å². The topological polar surface area (TPSA) is 127 Å². The zero-order valence-corrected chi connectivity index (χ0v) is 15.1. The molecule has 1 amide bonds. The maximum absolute atomic E-state index is 14.5. The van der Waals surface area contributed by atoms with Crippen LogP contribution in [0.3, 0.4) is 0 Å². The number of anilines is 3. The van der Waals surface area contributed by atoms with Gasteiger partial charge in [-0.05, 0) is 25.1 Å². The van der Waals surface area contributed by atoms with Crippen molar-refractivity contribution in [3.05, 3.63) is 54.0 Å². The van der Waals surface area contributed by atoms with Crippen LogP contribution in [-0.2, 0) is 4.79 Å². The summed E-state index contributed by atoms with van der Waals surface area (Å²) in [5, 5.41) is 4.86. The molecule has 2 aromatic heterocycles. The van der Waals surface area contributed by atoms with E-state index in [1.54, 1.807) is 13.1 Å².